The van der Waals surface area contributed by atoms with Crippen molar-refractivity contribution < 1.29 is 31.5 Å². The Labute approximate surface area is 213 Å². The number of rotatable bonds is 6. The Morgan fingerprint density at radius 3 is 2.35 bits per heavy atom. The van der Waals surface area contributed by atoms with Gasteiger partial charge in [0.05, 0.1) is 35.8 Å². The van der Waals surface area contributed by atoms with Gasteiger partial charge in [-0.05, 0) is 44.7 Å². The van der Waals surface area contributed by atoms with E-state index < -0.39 is 35.9 Å². The van der Waals surface area contributed by atoms with Crippen LogP contribution in [-0.2, 0) is 11.3 Å². The van der Waals surface area contributed by atoms with Crippen LogP contribution in [0.15, 0.2) is 46.3 Å². The van der Waals surface area contributed by atoms with Gasteiger partial charge >= 0.3 is 18.2 Å². The zero-order valence-electron chi connectivity index (χ0n) is 20.7. The Morgan fingerprint density at radius 2 is 1.76 bits per heavy atom. The molecular formula is C24H25F5N4O3S. The molecule has 0 radical (unpaired) electrons. The van der Waals surface area contributed by atoms with Gasteiger partial charge in [-0.2, -0.15) is 22.0 Å². The third-order valence-electron chi connectivity index (χ3n) is 5.08. The van der Waals surface area contributed by atoms with E-state index >= 15 is 0 Å². The van der Waals surface area contributed by atoms with E-state index in [1.807, 2.05) is 6.92 Å². The molecule has 0 aliphatic rings. The number of aromatic nitrogens is 3. The lowest BCUT2D eigenvalue weighted by atomic mass is 10.1. The first-order chi connectivity index (χ1) is 17.0. The number of hydrogen-bond donors (Lipinski definition) is 0. The molecule has 13 heteroatoms. The lowest BCUT2D eigenvalue weighted by Crippen LogP contribution is -2.42. The first-order valence-electron chi connectivity index (χ1n) is 11.1. The van der Waals surface area contributed by atoms with Crippen molar-refractivity contribution in [1.82, 2.24) is 14.5 Å². The summed E-state index contributed by atoms with van der Waals surface area (Å²) >= 11 is 1.41. The molecule has 0 bridgehead atoms. The standard InChI is InChI=1S/C24H25F5N4O3S/c1-6-37-18-10-15(32(5)21(35)36-22(2,3)4)11-31-20(18)16-9-14-7-8-19(34)33(17(14)12-30-16)13-23(25,26)24(27,28)29/h7-12H,6,13H2,1-5H3. The quantitative estimate of drug-likeness (QED) is 0.274. The number of nitrogens with zero attached hydrogens (tertiary/aromatic N) is 4. The molecule has 0 spiro atoms. The molecule has 0 aromatic carbocycles. The first-order valence-corrected chi connectivity index (χ1v) is 12.1. The van der Waals surface area contributed by atoms with Crippen LogP contribution in [0.2, 0.25) is 0 Å². The number of hydrogen-bond acceptors (Lipinski definition) is 6. The monoisotopic (exact) mass is 544 g/mol. The fraction of sp³-hybridized carbons (Fsp3) is 0.417. The Kier molecular flexibility index (Phi) is 7.87. The van der Waals surface area contributed by atoms with E-state index in [1.54, 1.807) is 26.8 Å². The van der Waals surface area contributed by atoms with Crippen molar-refractivity contribution in [2.24, 2.45) is 0 Å². The van der Waals surface area contributed by atoms with Crippen LogP contribution < -0.4 is 10.5 Å². The number of alkyl halides is 5. The maximum atomic E-state index is 13.7. The summed E-state index contributed by atoms with van der Waals surface area (Å²) in [6, 6.07) is 5.42. The van der Waals surface area contributed by atoms with Gasteiger partial charge in [0.15, 0.2) is 0 Å². The van der Waals surface area contributed by atoms with Crippen LogP contribution in [-0.4, -0.2) is 51.1 Å². The van der Waals surface area contributed by atoms with E-state index in [2.05, 4.69) is 9.97 Å². The second-order valence-electron chi connectivity index (χ2n) is 9.10. The number of thioether (sulfide) groups is 1. The molecule has 0 N–H and O–H groups in total. The highest BCUT2D eigenvalue weighted by Gasteiger charge is 2.57. The minimum absolute atomic E-state index is 0.175. The largest absolute Gasteiger partial charge is 0.455 e. The molecule has 0 aliphatic carbocycles. The topological polar surface area (TPSA) is 77.3 Å². The number of pyridine rings is 3. The minimum atomic E-state index is -5.81. The van der Waals surface area contributed by atoms with Crippen molar-refractivity contribution in [3.63, 3.8) is 0 Å². The Morgan fingerprint density at radius 1 is 1.08 bits per heavy atom. The van der Waals surface area contributed by atoms with Gasteiger partial charge in [-0.15, -0.1) is 11.8 Å². The number of halogens is 5. The third kappa shape index (κ3) is 6.38. The SMILES string of the molecule is CCSc1cc(N(C)C(=O)OC(C)(C)C)cnc1-c1cc2ccc(=O)n(CC(F)(F)C(F)(F)F)c2cn1. The number of anilines is 1. The molecule has 0 saturated carbocycles. The Hall–Kier alpha value is -3.22. The lowest BCUT2D eigenvalue weighted by molar-refractivity contribution is -0.286. The highest BCUT2D eigenvalue weighted by atomic mass is 32.2. The molecule has 1 amide bonds. The van der Waals surface area contributed by atoms with Gasteiger partial charge < -0.3 is 9.30 Å². The van der Waals surface area contributed by atoms with Gasteiger partial charge in [-0.25, -0.2) is 4.79 Å². The maximum absolute atomic E-state index is 13.7. The first kappa shape index (κ1) is 28.4. The van der Waals surface area contributed by atoms with Crippen LogP contribution in [0.4, 0.5) is 32.4 Å². The van der Waals surface area contributed by atoms with Crippen LogP contribution >= 0.6 is 11.8 Å². The average molecular weight is 545 g/mol. The van der Waals surface area contributed by atoms with Gasteiger partial charge in [-0.1, -0.05) is 6.92 Å². The fourth-order valence-corrected chi connectivity index (χ4v) is 4.09. The second-order valence-corrected chi connectivity index (χ2v) is 10.4. The van der Waals surface area contributed by atoms with E-state index in [4.69, 9.17) is 4.74 Å². The highest BCUT2D eigenvalue weighted by Crippen LogP contribution is 2.37. The second kappa shape index (κ2) is 10.3. The summed E-state index contributed by atoms with van der Waals surface area (Å²) in [5.41, 5.74) is -0.708. The predicted octanol–water partition coefficient (Wildman–Crippen LogP) is 6.14. The minimum Gasteiger partial charge on any atom is -0.443 e. The summed E-state index contributed by atoms with van der Waals surface area (Å²) < 4.78 is 71.4. The molecule has 0 aliphatic heterocycles. The van der Waals surface area contributed by atoms with Crippen LogP contribution in [0.3, 0.4) is 0 Å². The van der Waals surface area contributed by atoms with E-state index in [0.717, 1.165) is 12.3 Å². The van der Waals surface area contributed by atoms with Crippen molar-refractivity contribution in [2.75, 3.05) is 17.7 Å². The van der Waals surface area contributed by atoms with Crippen molar-refractivity contribution in [1.29, 1.82) is 0 Å². The van der Waals surface area contributed by atoms with Crippen LogP contribution in [0.25, 0.3) is 22.3 Å². The van der Waals surface area contributed by atoms with E-state index in [-0.39, 0.29) is 10.9 Å². The molecule has 3 aromatic heterocycles. The molecule has 3 rings (SSSR count). The maximum Gasteiger partial charge on any atom is 0.455 e. The summed E-state index contributed by atoms with van der Waals surface area (Å²) in [4.78, 5) is 35.2. The average Bonchev–Trinajstić information content (AvgIpc) is 2.78. The molecule has 0 unspecified atom stereocenters. The van der Waals surface area contributed by atoms with E-state index in [0.29, 0.717) is 32.3 Å². The van der Waals surface area contributed by atoms with E-state index in [1.165, 1.54) is 42.0 Å². The number of fused-ring (bicyclic) bond motifs is 1. The number of amides is 1. The molecule has 200 valence electrons. The predicted molar refractivity (Wildman–Crippen MR) is 131 cm³/mol. The Bertz CT molecular complexity index is 1370. The number of ether oxygens (including phenoxy) is 1. The van der Waals surface area contributed by atoms with Gasteiger partial charge in [0.25, 0.3) is 5.56 Å². The van der Waals surface area contributed by atoms with Gasteiger partial charge in [0.1, 0.15) is 11.3 Å². The summed E-state index contributed by atoms with van der Waals surface area (Å²) in [6.07, 6.45) is -3.88. The molecule has 0 atom stereocenters. The number of carbonyl (C=O) groups excluding carboxylic acids is 1. The molecule has 0 fully saturated rings. The van der Waals surface area contributed by atoms with Crippen molar-refractivity contribution in [3.05, 3.63) is 47.0 Å². The van der Waals surface area contributed by atoms with Gasteiger partial charge in [0, 0.05) is 23.4 Å². The van der Waals surface area contributed by atoms with Gasteiger partial charge in [-0.3, -0.25) is 19.7 Å². The summed E-state index contributed by atoms with van der Waals surface area (Å²) in [6.45, 7) is 5.27. The summed E-state index contributed by atoms with van der Waals surface area (Å²) in [5.74, 6) is -4.46. The zero-order valence-corrected chi connectivity index (χ0v) is 21.5. The van der Waals surface area contributed by atoms with Crippen molar-refractivity contribution in [3.8, 4) is 11.4 Å². The molecule has 3 aromatic rings. The molecule has 3 heterocycles. The summed E-state index contributed by atoms with van der Waals surface area (Å²) in [7, 11) is 1.54. The van der Waals surface area contributed by atoms with Crippen molar-refractivity contribution in [2.45, 2.75) is 56.8 Å². The highest BCUT2D eigenvalue weighted by molar-refractivity contribution is 7.99. The molecular weight excluding hydrogens is 519 g/mol. The fourth-order valence-electron chi connectivity index (χ4n) is 3.28. The summed E-state index contributed by atoms with van der Waals surface area (Å²) in [5, 5.41) is 0.228. The van der Waals surface area contributed by atoms with Crippen LogP contribution in [0, 0.1) is 0 Å². The third-order valence-corrected chi connectivity index (χ3v) is 5.99. The van der Waals surface area contributed by atoms with E-state index in [9.17, 15) is 31.5 Å². The molecule has 37 heavy (non-hydrogen) atoms. The van der Waals surface area contributed by atoms with Crippen LogP contribution in [0.5, 0.6) is 0 Å². The van der Waals surface area contributed by atoms with Crippen LogP contribution in [0.1, 0.15) is 27.7 Å². The molecule has 7 nitrogen and oxygen atoms in total. The van der Waals surface area contributed by atoms with Crippen molar-refractivity contribution >= 4 is 34.4 Å². The zero-order chi connectivity index (χ0) is 27.8. The van der Waals surface area contributed by atoms with Gasteiger partial charge in [0.2, 0.25) is 0 Å². The number of carbonyl (C=O) groups is 1. The Balaban J connectivity index is 2.04. The molecule has 0 saturated heterocycles. The smallest absolute Gasteiger partial charge is 0.443 e. The normalized spacial score (nSPS) is 12.6. The lowest BCUT2D eigenvalue weighted by Gasteiger charge is -2.25.